The van der Waals surface area contributed by atoms with Crippen LogP contribution >= 0.6 is 0 Å². The van der Waals surface area contributed by atoms with Gasteiger partial charge < -0.3 is 4.74 Å². The lowest BCUT2D eigenvalue weighted by molar-refractivity contribution is 0.130. The Morgan fingerprint density at radius 2 is 2.25 bits per heavy atom. The zero-order valence-electron chi connectivity index (χ0n) is 10.8. The summed E-state index contributed by atoms with van der Waals surface area (Å²) in [5.41, 5.74) is -0.315. The summed E-state index contributed by atoms with van der Waals surface area (Å²) in [6, 6.07) is 2.54. The lowest BCUT2D eigenvalue weighted by Gasteiger charge is -2.42. The van der Waals surface area contributed by atoms with Crippen molar-refractivity contribution in [3.63, 3.8) is 0 Å². The summed E-state index contributed by atoms with van der Waals surface area (Å²) in [5.74, 6) is 1.04. The average molecular weight is 224 g/mol. The fraction of sp³-hybridized carbons (Fsp3) is 0.923. The third-order valence-electron chi connectivity index (χ3n) is 3.72. The SMILES string of the molecule is COCCNC1(C#N)CCCCC1C(C)C. The van der Waals surface area contributed by atoms with Gasteiger partial charge in [-0.2, -0.15) is 5.26 Å². The Morgan fingerprint density at radius 1 is 1.50 bits per heavy atom. The molecule has 0 aromatic heterocycles. The molecule has 0 amide bonds. The van der Waals surface area contributed by atoms with Crippen LogP contribution in [-0.2, 0) is 4.74 Å². The molecule has 3 heteroatoms. The van der Waals surface area contributed by atoms with Gasteiger partial charge in [-0.25, -0.2) is 0 Å². The molecule has 1 rings (SSSR count). The maximum atomic E-state index is 9.51. The first-order valence-electron chi connectivity index (χ1n) is 6.31. The summed E-state index contributed by atoms with van der Waals surface area (Å²) in [5, 5.41) is 12.9. The van der Waals surface area contributed by atoms with Gasteiger partial charge in [0.1, 0.15) is 5.54 Å². The number of nitriles is 1. The van der Waals surface area contributed by atoms with Crippen molar-refractivity contribution in [1.82, 2.24) is 5.32 Å². The minimum Gasteiger partial charge on any atom is -0.383 e. The Hall–Kier alpha value is -0.590. The Kier molecular flexibility index (Phi) is 5.24. The summed E-state index contributed by atoms with van der Waals surface area (Å²) in [6.45, 7) is 5.89. The van der Waals surface area contributed by atoms with Crippen LogP contribution in [0.25, 0.3) is 0 Å². The molecule has 0 aromatic carbocycles. The lowest BCUT2D eigenvalue weighted by atomic mass is 9.68. The number of hydrogen-bond donors (Lipinski definition) is 1. The Bertz CT molecular complexity index is 247. The highest BCUT2D eigenvalue weighted by molar-refractivity contribution is 5.13. The predicted molar refractivity (Wildman–Crippen MR) is 65.0 cm³/mol. The number of nitrogens with one attached hydrogen (secondary N) is 1. The van der Waals surface area contributed by atoms with Crippen LogP contribution in [0.2, 0.25) is 0 Å². The Balaban J connectivity index is 2.69. The van der Waals surface area contributed by atoms with Crippen molar-refractivity contribution >= 4 is 0 Å². The first kappa shape index (κ1) is 13.5. The maximum absolute atomic E-state index is 9.51. The molecule has 0 spiro atoms. The molecule has 0 aliphatic heterocycles. The quantitative estimate of drug-likeness (QED) is 0.729. The van der Waals surface area contributed by atoms with Crippen molar-refractivity contribution < 1.29 is 4.74 Å². The van der Waals surface area contributed by atoms with E-state index in [1.165, 1.54) is 12.8 Å². The van der Waals surface area contributed by atoms with E-state index in [2.05, 4.69) is 25.2 Å². The van der Waals surface area contributed by atoms with Crippen LogP contribution in [0.4, 0.5) is 0 Å². The first-order chi connectivity index (χ1) is 7.66. The number of rotatable bonds is 5. The normalized spacial score (nSPS) is 30.3. The van der Waals surface area contributed by atoms with Gasteiger partial charge in [0.15, 0.2) is 0 Å². The van der Waals surface area contributed by atoms with Gasteiger partial charge in [0, 0.05) is 13.7 Å². The van der Waals surface area contributed by atoms with E-state index >= 15 is 0 Å². The van der Waals surface area contributed by atoms with Crippen LogP contribution in [0.3, 0.4) is 0 Å². The van der Waals surface area contributed by atoms with Gasteiger partial charge in [0.25, 0.3) is 0 Å². The van der Waals surface area contributed by atoms with E-state index in [1.807, 2.05) is 0 Å². The molecule has 1 aliphatic rings. The van der Waals surface area contributed by atoms with E-state index in [0.717, 1.165) is 19.4 Å². The molecule has 0 heterocycles. The molecule has 0 aromatic rings. The predicted octanol–water partition coefficient (Wildman–Crippen LogP) is 2.33. The van der Waals surface area contributed by atoms with Crippen molar-refractivity contribution in [2.45, 2.75) is 45.1 Å². The van der Waals surface area contributed by atoms with E-state index in [4.69, 9.17) is 4.74 Å². The van der Waals surface area contributed by atoms with Gasteiger partial charge in [0.2, 0.25) is 0 Å². The van der Waals surface area contributed by atoms with Crippen molar-refractivity contribution in [3.05, 3.63) is 0 Å². The maximum Gasteiger partial charge on any atom is 0.109 e. The summed E-state index contributed by atoms with van der Waals surface area (Å²) in [4.78, 5) is 0. The third kappa shape index (κ3) is 2.96. The second kappa shape index (κ2) is 6.22. The molecule has 2 atom stereocenters. The Labute approximate surface area is 99.2 Å². The van der Waals surface area contributed by atoms with Crippen molar-refractivity contribution in [3.8, 4) is 6.07 Å². The van der Waals surface area contributed by atoms with E-state index in [0.29, 0.717) is 18.4 Å². The highest BCUT2D eigenvalue weighted by Crippen LogP contribution is 2.37. The molecule has 0 radical (unpaired) electrons. The standard InChI is InChI=1S/C13H24N2O/c1-11(2)12-6-4-5-7-13(12,10-14)15-8-9-16-3/h11-12,15H,4-9H2,1-3H3. The molecule has 3 nitrogen and oxygen atoms in total. The molecular weight excluding hydrogens is 200 g/mol. The smallest absolute Gasteiger partial charge is 0.109 e. The summed E-state index contributed by atoms with van der Waals surface area (Å²) in [7, 11) is 1.70. The molecule has 1 saturated carbocycles. The van der Waals surface area contributed by atoms with Gasteiger partial charge in [-0.05, 0) is 24.7 Å². The number of nitrogens with zero attached hydrogens (tertiary/aromatic N) is 1. The Morgan fingerprint density at radius 3 is 2.81 bits per heavy atom. The monoisotopic (exact) mass is 224 g/mol. The van der Waals surface area contributed by atoms with Crippen LogP contribution in [0.1, 0.15) is 39.5 Å². The second-order valence-electron chi connectivity index (χ2n) is 5.10. The minimum atomic E-state index is -0.315. The summed E-state index contributed by atoms with van der Waals surface area (Å²) >= 11 is 0. The zero-order valence-corrected chi connectivity index (χ0v) is 10.8. The van der Waals surface area contributed by atoms with Gasteiger partial charge in [-0.1, -0.05) is 26.7 Å². The largest absolute Gasteiger partial charge is 0.383 e. The number of hydrogen-bond acceptors (Lipinski definition) is 3. The van der Waals surface area contributed by atoms with Gasteiger partial charge in [0.05, 0.1) is 12.7 Å². The number of ether oxygens (including phenoxy) is 1. The lowest BCUT2D eigenvalue weighted by Crippen LogP contribution is -2.54. The van der Waals surface area contributed by atoms with Crippen molar-refractivity contribution in [2.24, 2.45) is 11.8 Å². The molecule has 1 N–H and O–H groups in total. The van der Waals surface area contributed by atoms with Crippen LogP contribution < -0.4 is 5.32 Å². The topological polar surface area (TPSA) is 45.0 Å². The van der Waals surface area contributed by atoms with Crippen LogP contribution in [-0.4, -0.2) is 25.8 Å². The van der Waals surface area contributed by atoms with Crippen LogP contribution in [0.15, 0.2) is 0 Å². The van der Waals surface area contributed by atoms with Gasteiger partial charge in [-0.3, -0.25) is 5.32 Å². The highest BCUT2D eigenvalue weighted by Gasteiger charge is 2.41. The summed E-state index contributed by atoms with van der Waals surface area (Å²) in [6.07, 6.45) is 4.58. The van der Waals surface area contributed by atoms with Crippen molar-refractivity contribution in [2.75, 3.05) is 20.3 Å². The molecule has 0 bridgehead atoms. The summed E-state index contributed by atoms with van der Waals surface area (Å²) < 4.78 is 5.05. The third-order valence-corrected chi connectivity index (χ3v) is 3.72. The first-order valence-corrected chi connectivity index (χ1v) is 6.31. The highest BCUT2D eigenvalue weighted by atomic mass is 16.5. The molecular formula is C13H24N2O. The van der Waals surface area contributed by atoms with Crippen LogP contribution in [0.5, 0.6) is 0 Å². The van der Waals surface area contributed by atoms with Gasteiger partial charge >= 0.3 is 0 Å². The van der Waals surface area contributed by atoms with E-state index in [9.17, 15) is 5.26 Å². The zero-order chi connectivity index (χ0) is 12.0. The van der Waals surface area contributed by atoms with Crippen molar-refractivity contribution in [1.29, 1.82) is 5.26 Å². The molecule has 0 saturated heterocycles. The fourth-order valence-corrected chi connectivity index (χ4v) is 2.88. The van der Waals surface area contributed by atoms with E-state index in [1.54, 1.807) is 7.11 Å². The molecule has 1 aliphatic carbocycles. The molecule has 1 fully saturated rings. The molecule has 16 heavy (non-hydrogen) atoms. The number of methoxy groups -OCH3 is 1. The fourth-order valence-electron chi connectivity index (χ4n) is 2.88. The average Bonchev–Trinajstić information content (AvgIpc) is 2.29. The van der Waals surface area contributed by atoms with Crippen LogP contribution in [0, 0.1) is 23.2 Å². The minimum absolute atomic E-state index is 0.315. The van der Waals surface area contributed by atoms with E-state index < -0.39 is 0 Å². The van der Waals surface area contributed by atoms with E-state index in [-0.39, 0.29) is 5.54 Å². The second-order valence-corrected chi connectivity index (χ2v) is 5.10. The molecule has 2 unspecified atom stereocenters. The van der Waals surface area contributed by atoms with Gasteiger partial charge in [-0.15, -0.1) is 0 Å². The molecule has 92 valence electrons.